The van der Waals surface area contributed by atoms with E-state index in [0.717, 1.165) is 48.2 Å². The number of H-pyrrole nitrogens is 1. The molecule has 0 spiro atoms. The second-order valence-corrected chi connectivity index (χ2v) is 9.78. The molecule has 0 saturated heterocycles. The van der Waals surface area contributed by atoms with Gasteiger partial charge in [0, 0.05) is 25.5 Å². The lowest BCUT2D eigenvalue weighted by molar-refractivity contribution is 0.0946. The third-order valence-corrected chi connectivity index (χ3v) is 7.16. The molecule has 1 unspecified atom stereocenters. The fraction of sp³-hybridized carbons (Fsp3) is 0.226. The van der Waals surface area contributed by atoms with Crippen molar-refractivity contribution in [2.24, 2.45) is 0 Å². The number of para-hydroxylation sites is 2. The predicted octanol–water partition coefficient (Wildman–Crippen LogP) is 5.94. The van der Waals surface area contributed by atoms with Crippen LogP contribution in [0.3, 0.4) is 0 Å². The lowest BCUT2D eigenvalue weighted by Crippen LogP contribution is -2.31. The molecule has 5 aromatic rings. The number of carbonyl (C=O) groups is 1. The van der Waals surface area contributed by atoms with Crippen molar-refractivity contribution in [2.45, 2.75) is 44.9 Å². The van der Waals surface area contributed by atoms with Crippen LogP contribution in [0.15, 0.2) is 91.3 Å². The van der Waals surface area contributed by atoms with E-state index in [1.165, 1.54) is 16.8 Å². The standard InChI is InChI=1S/C31H30N6O.BrH/c38-31(27-11-3-4-17-32-27)34-19-22-13-15-23(16-14-22)20-37(21-29-35-25-9-1-2-10-26(25)36-29)28-12-5-7-24-8-6-18-33-30(24)28;/h1-4,6,8-11,13-18,28H,5,7,12,19-21H2,(H,34,38)(H,35,36);1H. The number of pyridine rings is 2. The normalized spacial score (nSPS) is 14.5. The summed E-state index contributed by atoms with van der Waals surface area (Å²) in [5.74, 6) is 0.790. The number of rotatable bonds is 8. The molecule has 1 amide bonds. The van der Waals surface area contributed by atoms with E-state index in [1.54, 1.807) is 18.3 Å². The Balaban J connectivity index is 0.00000308. The number of imidazole rings is 1. The van der Waals surface area contributed by atoms with Gasteiger partial charge in [0.1, 0.15) is 11.5 Å². The van der Waals surface area contributed by atoms with E-state index in [2.05, 4.69) is 56.6 Å². The highest BCUT2D eigenvalue weighted by Crippen LogP contribution is 2.34. The number of amides is 1. The first-order valence-electron chi connectivity index (χ1n) is 13.1. The zero-order chi connectivity index (χ0) is 25.7. The third-order valence-electron chi connectivity index (χ3n) is 7.16. The van der Waals surface area contributed by atoms with Crippen molar-refractivity contribution in [1.82, 2.24) is 30.2 Å². The molecule has 0 radical (unpaired) electrons. The Hall–Kier alpha value is -3.88. The Labute approximate surface area is 238 Å². The summed E-state index contributed by atoms with van der Waals surface area (Å²) in [5.41, 5.74) is 7.26. The van der Waals surface area contributed by atoms with E-state index in [0.29, 0.717) is 18.8 Å². The molecule has 0 bridgehead atoms. The summed E-state index contributed by atoms with van der Waals surface area (Å²) >= 11 is 0. The smallest absolute Gasteiger partial charge is 0.270 e. The van der Waals surface area contributed by atoms with Crippen molar-refractivity contribution >= 4 is 33.9 Å². The van der Waals surface area contributed by atoms with Crippen LogP contribution in [-0.4, -0.2) is 30.7 Å². The number of carbonyl (C=O) groups excluding carboxylic acids is 1. The lowest BCUT2D eigenvalue weighted by Gasteiger charge is -2.34. The fourth-order valence-corrected chi connectivity index (χ4v) is 5.26. The molecule has 6 rings (SSSR count). The van der Waals surface area contributed by atoms with E-state index in [-0.39, 0.29) is 28.9 Å². The second-order valence-electron chi connectivity index (χ2n) is 9.78. The van der Waals surface area contributed by atoms with Gasteiger partial charge in [-0.3, -0.25) is 19.7 Å². The predicted molar refractivity (Wildman–Crippen MR) is 157 cm³/mol. The van der Waals surface area contributed by atoms with Gasteiger partial charge in [-0.25, -0.2) is 4.98 Å². The van der Waals surface area contributed by atoms with Gasteiger partial charge >= 0.3 is 0 Å². The number of nitrogens with zero attached hydrogens (tertiary/aromatic N) is 4. The summed E-state index contributed by atoms with van der Waals surface area (Å²) in [4.78, 5) is 32.1. The Bertz CT molecular complexity index is 1500. The van der Waals surface area contributed by atoms with Crippen LogP contribution in [0.5, 0.6) is 0 Å². The molecule has 1 aliphatic rings. The fourth-order valence-electron chi connectivity index (χ4n) is 5.26. The zero-order valence-electron chi connectivity index (χ0n) is 21.6. The molecule has 2 aromatic carbocycles. The van der Waals surface area contributed by atoms with Crippen LogP contribution in [0.1, 0.15) is 57.6 Å². The van der Waals surface area contributed by atoms with Gasteiger partial charge in [0.2, 0.25) is 0 Å². The number of hydrogen-bond donors (Lipinski definition) is 2. The molecular weight excluding hydrogens is 552 g/mol. The maximum Gasteiger partial charge on any atom is 0.270 e. The minimum absolute atomic E-state index is 0. The largest absolute Gasteiger partial charge is 0.347 e. The Kier molecular flexibility index (Phi) is 8.44. The quantitative estimate of drug-likeness (QED) is 0.236. The maximum atomic E-state index is 12.3. The SMILES string of the molecule is Br.O=C(NCc1ccc(CN(Cc2nc3ccccc3[nH]2)C2CCCc3cccnc32)cc1)c1ccccn1. The molecular formula is C31H31BrN6O. The van der Waals surface area contributed by atoms with Crippen LogP contribution < -0.4 is 5.32 Å². The van der Waals surface area contributed by atoms with Gasteiger partial charge in [-0.2, -0.15) is 0 Å². The average Bonchev–Trinajstić information content (AvgIpc) is 3.39. The maximum absolute atomic E-state index is 12.3. The van der Waals surface area contributed by atoms with E-state index in [4.69, 9.17) is 9.97 Å². The van der Waals surface area contributed by atoms with Crippen LogP contribution in [0.25, 0.3) is 11.0 Å². The molecule has 0 aliphatic heterocycles. The van der Waals surface area contributed by atoms with Crippen LogP contribution in [0.4, 0.5) is 0 Å². The highest BCUT2D eigenvalue weighted by Gasteiger charge is 2.28. The molecule has 39 heavy (non-hydrogen) atoms. The van der Waals surface area contributed by atoms with Crippen molar-refractivity contribution in [2.75, 3.05) is 0 Å². The van der Waals surface area contributed by atoms with Crippen molar-refractivity contribution in [3.63, 3.8) is 0 Å². The highest BCUT2D eigenvalue weighted by molar-refractivity contribution is 8.93. The van der Waals surface area contributed by atoms with Gasteiger partial charge in [0.15, 0.2) is 0 Å². The minimum Gasteiger partial charge on any atom is -0.347 e. The molecule has 2 N–H and O–H groups in total. The van der Waals surface area contributed by atoms with Crippen LogP contribution in [0, 0.1) is 0 Å². The van der Waals surface area contributed by atoms with Gasteiger partial charge in [0.05, 0.1) is 29.3 Å². The minimum atomic E-state index is -0.171. The molecule has 3 heterocycles. The van der Waals surface area contributed by atoms with Crippen molar-refractivity contribution in [3.05, 3.63) is 125 Å². The molecule has 3 aromatic heterocycles. The van der Waals surface area contributed by atoms with Gasteiger partial charge in [-0.15, -0.1) is 17.0 Å². The number of nitrogens with one attached hydrogen (secondary N) is 2. The molecule has 1 atom stereocenters. The zero-order valence-corrected chi connectivity index (χ0v) is 23.3. The van der Waals surface area contributed by atoms with Crippen molar-refractivity contribution in [1.29, 1.82) is 0 Å². The molecule has 0 fully saturated rings. The van der Waals surface area contributed by atoms with Gasteiger partial charge in [-0.1, -0.05) is 48.5 Å². The molecule has 8 heteroatoms. The summed E-state index contributed by atoms with van der Waals surface area (Å²) in [6, 6.07) is 26.4. The summed E-state index contributed by atoms with van der Waals surface area (Å²) in [7, 11) is 0. The number of benzene rings is 2. The summed E-state index contributed by atoms with van der Waals surface area (Å²) in [6.07, 6.45) is 6.83. The number of aryl methyl sites for hydroxylation is 1. The number of aromatic nitrogens is 4. The van der Waals surface area contributed by atoms with Crippen LogP contribution >= 0.6 is 17.0 Å². The first-order valence-corrected chi connectivity index (χ1v) is 13.1. The Morgan fingerprint density at radius 1 is 0.897 bits per heavy atom. The van der Waals surface area contributed by atoms with E-state index < -0.39 is 0 Å². The van der Waals surface area contributed by atoms with Crippen molar-refractivity contribution < 1.29 is 4.79 Å². The lowest BCUT2D eigenvalue weighted by atomic mass is 9.90. The molecule has 7 nitrogen and oxygen atoms in total. The van der Waals surface area contributed by atoms with E-state index >= 15 is 0 Å². The monoisotopic (exact) mass is 582 g/mol. The average molecular weight is 584 g/mol. The van der Waals surface area contributed by atoms with E-state index in [1.807, 2.05) is 36.5 Å². The third kappa shape index (κ3) is 6.24. The Morgan fingerprint density at radius 2 is 1.69 bits per heavy atom. The summed E-state index contributed by atoms with van der Waals surface area (Å²) in [5, 5.41) is 2.95. The molecule has 0 saturated carbocycles. The molecule has 1 aliphatic carbocycles. The topological polar surface area (TPSA) is 86.8 Å². The van der Waals surface area contributed by atoms with Crippen LogP contribution in [0.2, 0.25) is 0 Å². The first-order chi connectivity index (χ1) is 18.7. The summed E-state index contributed by atoms with van der Waals surface area (Å²) < 4.78 is 0. The Morgan fingerprint density at radius 3 is 2.51 bits per heavy atom. The first kappa shape index (κ1) is 26.7. The van der Waals surface area contributed by atoms with Gasteiger partial charge in [-0.05, 0) is 66.3 Å². The van der Waals surface area contributed by atoms with Gasteiger partial charge in [0.25, 0.3) is 5.91 Å². The number of aromatic amines is 1. The summed E-state index contributed by atoms with van der Waals surface area (Å²) in [6.45, 7) is 1.94. The number of hydrogen-bond acceptors (Lipinski definition) is 5. The van der Waals surface area contributed by atoms with Gasteiger partial charge < -0.3 is 10.3 Å². The highest BCUT2D eigenvalue weighted by atomic mass is 79.9. The van der Waals surface area contributed by atoms with Crippen molar-refractivity contribution in [3.8, 4) is 0 Å². The molecule has 198 valence electrons. The number of fused-ring (bicyclic) bond motifs is 2. The van der Waals surface area contributed by atoms with E-state index in [9.17, 15) is 4.79 Å². The number of halogens is 1. The second kappa shape index (κ2) is 12.3. The van der Waals surface area contributed by atoms with Crippen LogP contribution in [-0.2, 0) is 26.1 Å².